The van der Waals surface area contributed by atoms with Crippen molar-refractivity contribution in [2.24, 2.45) is 5.73 Å². The minimum absolute atomic E-state index is 0.180. The summed E-state index contributed by atoms with van der Waals surface area (Å²) in [6.45, 7) is 2.39. The summed E-state index contributed by atoms with van der Waals surface area (Å²) < 4.78 is 0. The number of rotatable bonds is 4. The van der Waals surface area contributed by atoms with Crippen LogP contribution in [0.2, 0.25) is 0 Å². The molecule has 0 atom stereocenters. The van der Waals surface area contributed by atoms with E-state index in [9.17, 15) is 4.79 Å². The van der Waals surface area contributed by atoms with E-state index in [1.54, 1.807) is 0 Å². The fourth-order valence-corrected chi connectivity index (χ4v) is 2.13. The van der Waals surface area contributed by atoms with Crippen LogP contribution < -0.4 is 5.73 Å². The minimum atomic E-state index is 0.180. The first-order chi connectivity index (χ1) is 7.83. The monoisotopic (exact) mass is 218 g/mol. The van der Waals surface area contributed by atoms with Gasteiger partial charge < -0.3 is 10.6 Å². The second-order valence-electron chi connectivity index (χ2n) is 4.20. The van der Waals surface area contributed by atoms with E-state index in [0.29, 0.717) is 6.54 Å². The molecule has 0 unspecified atom stereocenters. The molecular formula is C13H18N2O. The number of amides is 1. The van der Waals surface area contributed by atoms with E-state index < -0.39 is 0 Å². The Balaban J connectivity index is 2.03. The lowest BCUT2D eigenvalue weighted by Crippen LogP contribution is -2.38. The van der Waals surface area contributed by atoms with E-state index in [0.717, 1.165) is 37.9 Å². The van der Waals surface area contributed by atoms with Gasteiger partial charge in [0.1, 0.15) is 0 Å². The number of nitrogens with two attached hydrogens (primary N) is 1. The predicted molar refractivity (Wildman–Crippen MR) is 64.3 cm³/mol. The fourth-order valence-electron chi connectivity index (χ4n) is 2.13. The lowest BCUT2D eigenvalue weighted by atomic mass is 9.99. The number of nitrogens with zero attached hydrogens (tertiary/aromatic N) is 1. The van der Waals surface area contributed by atoms with Crippen molar-refractivity contribution in [2.75, 3.05) is 19.6 Å². The third-order valence-electron chi connectivity index (χ3n) is 3.07. The van der Waals surface area contributed by atoms with Crippen molar-refractivity contribution in [3.05, 3.63) is 35.4 Å². The zero-order valence-corrected chi connectivity index (χ0v) is 9.48. The van der Waals surface area contributed by atoms with E-state index in [1.165, 1.54) is 5.56 Å². The van der Waals surface area contributed by atoms with Crippen LogP contribution in [0.5, 0.6) is 0 Å². The summed E-state index contributed by atoms with van der Waals surface area (Å²) in [6.07, 6.45) is 2.97. The van der Waals surface area contributed by atoms with E-state index in [1.807, 2.05) is 29.2 Å². The standard InChI is InChI=1S/C13H18N2O/c14-8-3-4-9-15-10-7-11-5-1-2-6-12(11)13(15)16/h1-2,5-6H,3-4,7-10,14H2. The molecule has 1 amide bonds. The molecule has 0 aliphatic carbocycles. The number of hydrogen-bond acceptors (Lipinski definition) is 2. The maximum atomic E-state index is 12.1. The second kappa shape index (κ2) is 5.12. The highest BCUT2D eigenvalue weighted by Gasteiger charge is 2.22. The molecule has 3 nitrogen and oxygen atoms in total. The molecule has 1 aromatic carbocycles. The number of carbonyl (C=O) groups is 1. The zero-order valence-electron chi connectivity index (χ0n) is 9.48. The first-order valence-corrected chi connectivity index (χ1v) is 5.90. The van der Waals surface area contributed by atoms with Crippen molar-refractivity contribution < 1.29 is 4.79 Å². The molecule has 0 bridgehead atoms. The molecule has 0 aromatic heterocycles. The zero-order chi connectivity index (χ0) is 11.4. The Morgan fingerprint density at radius 1 is 1.25 bits per heavy atom. The predicted octanol–water partition coefficient (Wildman–Crippen LogP) is 1.42. The SMILES string of the molecule is NCCCCN1CCc2ccccc2C1=O. The molecule has 0 spiro atoms. The number of benzene rings is 1. The van der Waals surface area contributed by atoms with E-state index in [-0.39, 0.29) is 5.91 Å². The maximum Gasteiger partial charge on any atom is 0.254 e. The van der Waals surface area contributed by atoms with Crippen molar-refractivity contribution in [1.82, 2.24) is 4.90 Å². The summed E-state index contributed by atoms with van der Waals surface area (Å²) >= 11 is 0. The number of carbonyl (C=O) groups excluding carboxylic acids is 1. The lowest BCUT2D eigenvalue weighted by Gasteiger charge is -2.28. The molecule has 86 valence electrons. The van der Waals surface area contributed by atoms with Gasteiger partial charge in [0.15, 0.2) is 0 Å². The molecular weight excluding hydrogens is 200 g/mol. The largest absolute Gasteiger partial charge is 0.338 e. The molecule has 0 radical (unpaired) electrons. The fraction of sp³-hybridized carbons (Fsp3) is 0.462. The molecule has 1 aliphatic heterocycles. The van der Waals surface area contributed by atoms with Crippen molar-refractivity contribution in [3.63, 3.8) is 0 Å². The maximum absolute atomic E-state index is 12.1. The van der Waals surface area contributed by atoms with Crippen LogP contribution >= 0.6 is 0 Å². The molecule has 2 N–H and O–H groups in total. The second-order valence-corrected chi connectivity index (χ2v) is 4.20. The Hall–Kier alpha value is -1.35. The van der Waals surface area contributed by atoms with Gasteiger partial charge in [0.05, 0.1) is 0 Å². The minimum Gasteiger partial charge on any atom is -0.338 e. The molecule has 0 saturated carbocycles. The Morgan fingerprint density at radius 3 is 2.88 bits per heavy atom. The van der Waals surface area contributed by atoms with Gasteiger partial charge in [-0.3, -0.25) is 4.79 Å². The normalized spacial score (nSPS) is 15.1. The molecule has 3 heteroatoms. The molecule has 1 heterocycles. The van der Waals surface area contributed by atoms with Crippen LogP contribution in [0.4, 0.5) is 0 Å². The first-order valence-electron chi connectivity index (χ1n) is 5.90. The van der Waals surface area contributed by atoms with E-state index in [2.05, 4.69) is 0 Å². The molecule has 0 fully saturated rings. The first kappa shape index (κ1) is 11.1. The van der Waals surface area contributed by atoms with Gasteiger partial charge in [0.25, 0.3) is 5.91 Å². The number of fused-ring (bicyclic) bond motifs is 1. The lowest BCUT2D eigenvalue weighted by molar-refractivity contribution is 0.0737. The highest BCUT2D eigenvalue weighted by molar-refractivity contribution is 5.96. The Labute approximate surface area is 96.2 Å². The topological polar surface area (TPSA) is 46.3 Å². The van der Waals surface area contributed by atoms with E-state index in [4.69, 9.17) is 5.73 Å². The Kier molecular flexibility index (Phi) is 3.57. The molecule has 1 aromatic rings. The quantitative estimate of drug-likeness (QED) is 0.777. The molecule has 1 aliphatic rings. The third kappa shape index (κ3) is 2.25. The van der Waals surface area contributed by atoms with Gasteiger partial charge in [0.2, 0.25) is 0 Å². The van der Waals surface area contributed by atoms with Crippen LogP contribution in [0.3, 0.4) is 0 Å². The molecule has 16 heavy (non-hydrogen) atoms. The van der Waals surface area contributed by atoms with Crippen LogP contribution in [-0.4, -0.2) is 30.4 Å². The average molecular weight is 218 g/mol. The third-order valence-corrected chi connectivity index (χ3v) is 3.07. The number of hydrogen-bond donors (Lipinski definition) is 1. The molecule has 0 saturated heterocycles. The summed E-state index contributed by atoms with van der Waals surface area (Å²) in [5.74, 6) is 0.180. The highest BCUT2D eigenvalue weighted by atomic mass is 16.2. The van der Waals surface area contributed by atoms with Crippen molar-refractivity contribution in [2.45, 2.75) is 19.3 Å². The van der Waals surface area contributed by atoms with Crippen LogP contribution in [-0.2, 0) is 6.42 Å². The Morgan fingerprint density at radius 2 is 2.06 bits per heavy atom. The highest BCUT2D eigenvalue weighted by Crippen LogP contribution is 2.18. The summed E-state index contributed by atoms with van der Waals surface area (Å²) in [6, 6.07) is 7.90. The van der Waals surface area contributed by atoms with E-state index >= 15 is 0 Å². The van der Waals surface area contributed by atoms with Crippen LogP contribution in [0, 0.1) is 0 Å². The van der Waals surface area contributed by atoms with Gasteiger partial charge in [-0.15, -0.1) is 0 Å². The summed E-state index contributed by atoms with van der Waals surface area (Å²) in [5.41, 5.74) is 7.51. The van der Waals surface area contributed by atoms with Gasteiger partial charge in [-0.2, -0.15) is 0 Å². The number of unbranched alkanes of at least 4 members (excludes halogenated alkanes) is 1. The van der Waals surface area contributed by atoms with Crippen molar-refractivity contribution in [1.29, 1.82) is 0 Å². The average Bonchev–Trinajstić information content (AvgIpc) is 2.33. The van der Waals surface area contributed by atoms with Crippen LogP contribution in [0.1, 0.15) is 28.8 Å². The Bertz CT molecular complexity index is 376. The van der Waals surface area contributed by atoms with Crippen LogP contribution in [0.25, 0.3) is 0 Å². The summed E-state index contributed by atoms with van der Waals surface area (Å²) in [7, 11) is 0. The summed E-state index contributed by atoms with van der Waals surface area (Å²) in [4.78, 5) is 14.0. The summed E-state index contributed by atoms with van der Waals surface area (Å²) in [5, 5.41) is 0. The van der Waals surface area contributed by atoms with Crippen LogP contribution in [0.15, 0.2) is 24.3 Å². The van der Waals surface area contributed by atoms with Gasteiger partial charge in [-0.1, -0.05) is 18.2 Å². The van der Waals surface area contributed by atoms with Gasteiger partial charge in [0, 0.05) is 18.7 Å². The molecule has 2 rings (SSSR count). The van der Waals surface area contributed by atoms with Crippen molar-refractivity contribution in [3.8, 4) is 0 Å². The van der Waals surface area contributed by atoms with Gasteiger partial charge >= 0.3 is 0 Å². The van der Waals surface area contributed by atoms with Gasteiger partial charge in [-0.05, 0) is 37.4 Å². The smallest absolute Gasteiger partial charge is 0.254 e. The van der Waals surface area contributed by atoms with Gasteiger partial charge in [-0.25, -0.2) is 0 Å². The van der Waals surface area contributed by atoms with Crippen molar-refractivity contribution >= 4 is 5.91 Å².